The van der Waals surface area contributed by atoms with Crippen molar-refractivity contribution in [1.29, 1.82) is 0 Å². The summed E-state index contributed by atoms with van der Waals surface area (Å²) in [5, 5.41) is 3.22. The third-order valence-corrected chi connectivity index (χ3v) is 3.54. The van der Waals surface area contributed by atoms with Gasteiger partial charge in [0.1, 0.15) is 11.8 Å². The van der Waals surface area contributed by atoms with E-state index in [-0.39, 0.29) is 6.61 Å². The average Bonchev–Trinajstić information content (AvgIpc) is 2.61. The van der Waals surface area contributed by atoms with Crippen LogP contribution in [-0.2, 0) is 20.7 Å². The lowest BCUT2D eigenvalue weighted by atomic mass is 10.1. The van der Waals surface area contributed by atoms with Gasteiger partial charge in [-0.25, -0.2) is 4.79 Å². The molecule has 1 unspecified atom stereocenters. The van der Waals surface area contributed by atoms with E-state index in [0.717, 1.165) is 5.56 Å². The van der Waals surface area contributed by atoms with Crippen molar-refractivity contribution in [2.75, 3.05) is 13.7 Å². The monoisotopic (exact) mass is 347 g/mol. The summed E-state index contributed by atoms with van der Waals surface area (Å²) in [5.74, 6) is -0.387. The van der Waals surface area contributed by atoms with Crippen LogP contribution in [0.5, 0.6) is 5.75 Å². The molecule has 0 aliphatic heterocycles. The highest BCUT2D eigenvalue weighted by Gasteiger charge is 2.22. The second kappa shape index (κ2) is 8.93. The molecule has 0 aromatic heterocycles. The van der Waals surface area contributed by atoms with Gasteiger partial charge in [0.05, 0.1) is 7.11 Å². The molecule has 1 amide bonds. The number of carbonyl (C=O) groups excluding carboxylic acids is 2. The van der Waals surface area contributed by atoms with E-state index >= 15 is 0 Å². The maximum absolute atomic E-state index is 12.0. The number of carbonyl (C=O) groups is 2. The molecule has 1 atom stereocenters. The maximum Gasteiger partial charge on any atom is 0.328 e. The molecule has 5 nitrogen and oxygen atoms in total. The molecule has 2 rings (SSSR count). The van der Waals surface area contributed by atoms with Crippen LogP contribution >= 0.6 is 11.6 Å². The Kier molecular flexibility index (Phi) is 6.63. The van der Waals surface area contributed by atoms with Crippen LogP contribution in [-0.4, -0.2) is 31.6 Å². The van der Waals surface area contributed by atoms with Gasteiger partial charge in [-0.3, -0.25) is 4.79 Å². The largest absolute Gasteiger partial charge is 0.484 e. The van der Waals surface area contributed by atoms with Crippen molar-refractivity contribution in [3.63, 3.8) is 0 Å². The Morgan fingerprint density at radius 1 is 1.08 bits per heavy atom. The fraction of sp³-hybridized carbons (Fsp3) is 0.222. The molecule has 1 N–H and O–H groups in total. The van der Waals surface area contributed by atoms with Crippen LogP contribution in [0, 0.1) is 0 Å². The van der Waals surface area contributed by atoms with E-state index in [1.54, 1.807) is 24.3 Å². The predicted octanol–water partition coefficient (Wildman–Crippen LogP) is 2.62. The standard InChI is InChI=1S/C18H18ClNO4/c1-23-18(22)16(11-13-5-3-2-4-6-13)20-17(21)12-24-15-9-7-14(19)8-10-15/h2-10,16H,11-12H2,1H3,(H,20,21). The molecule has 0 radical (unpaired) electrons. The van der Waals surface area contributed by atoms with Crippen molar-refractivity contribution in [3.05, 3.63) is 65.2 Å². The third-order valence-electron chi connectivity index (χ3n) is 3.29. The highest BCUT2D eigenvalue weighted by Crippen LogP contribution is 2.15. The van der Waals surface area contributed by atoms with E-state index in [1.807, 2.05) is 30.3 Å². The van der Waals surface area contributed by atoms with Crippen LogP contribution in [0.4, 0.5) is 0 Å². The number of esters is 1. The zero-order valence-corrected chi connectivity index (χ0v) is 14.0. The molecular formula is C18H18ClNO4. The first kappa shape index (κ1) is 17.8. The number of amides is 1. The molecule has 0 bridgehead atoms. The van der Waals surface area contributed by atoms with E-state index in [0.29, 0.717) is 17.2 Å². The van der Waals surface area contributed by atoms with Crippen molar-refractivity contribution in [3.8, 4) is 5.75 Å². The SMILES string of the molecule is COC(=O)C(Cc1ccccc1)NC(=O)COc1ccc(Cl)cc1. The second-order valence-corrected chi connectivity index (χ2v) is 5.51. The molecule has 0 fully saturated rings. The summed E-state index contributed by atoms with van der Waals surface area (Å²) in [6.45, 7) is -0.204. The quantitative estimate of drug-likeness (QED) is 0.782. The summed E-state index contributed by atoms with van der Waals surface area (Å²) in [5.41, 5.74) is 0.923. The lowest BCUT2D eigenvalue weighted by Gasteiger charge is -2.17. The summed E-state index contributed by atoms with van der Waals surface area (Å²) in [6, 6.07) is 15.3. The summed E-state index contributed by atoms with van der Waals surface area (Å²) in [6.07, 6.45) is 0.347. The highest BCUT2D eigenvalue weighted by molar-refractivity contribution is 6.30. The number of methoxy groups -OCH3 is 1. The molecular weight excluding hydrogens is 330 g/mol. The van der Waals surface area contributed by atoms with Gasteiger partial charge in [-0.1, -0.05) is 41.9 Å². The van der Waals surface area contributed by atoms with Gasteiger partial charge in [0, 0.05) is 11.4 Å². The normalized spacial score (nSPS) is 11.4. The van der Waals surface area contributed by atoms with Gasteiger partial charge in [-0.15, -0.1) is 0 Å². The van der Waals surface area contributed by atoms with E-state index < -0.39 is 17.9 Å². The molecule has 2 aromatic carbocycles. The Labute approximate surface area is 145 Å². The van der Waals surface area contributed by atoms with Gasteiger partial charge in [0.25, 0.3) is 5.91 Å². The zero-order chi connectivity index (χ0) is 17.4. The van der Waals surface area contributed by atoms with Crippen molar-refractivity contribution < 1.29 is 19.1 Å². The number of nitrogens with one attached hydrogen (secondary N) is 1. The van der Waals surface area contributed by atoms with E-state index in [9.17, 15) is 9.59 Å². The summed E-state index contributed by atoms with van der Waals surface area (Å²) >= 11 is 5.78. The predicted molar refractivity (Wildman–Crippen MR) is 91.0 cm³/mol. The smallest absolute Gasteiger partial charge is 0.328 e. The van der Waals surface area contributed by atoms with Gasteiger partial charge in [0.2, 0.25) is 0 Å². The van der Waals surface area contributed by atoms with Gasteiger partial charge in [-0.05, 0) is 29.8 Å². The first-order valence-electron chi connectivity index (χ1n) is 7.38. The molecule has 0 saturated carbocycles. The average molecular weight is 348 g/mol. The van der Waals surface area contributed by atoms with E-state index in [4.69, 9.17) is 21.1 Å². The number of hydrogen-bond acceptors (Lipinski definition) is 4. The Balaban J connectivity index is 1.91. The number of halogens is 1. The molecule has 0 aliphatic rings. The Hall–Kier alpha value is -2.53. The fourth-order valence-electron chi connectivity index (χ4n) is 2.10. The van der Waals surface area contributed by atoms with E-state index in [2.05, 4.69) is 5.32 Å². The minimum absolute atomic E-state index is 0.204. The second-order valence-electron chi connectivity index (χ2n) is 5.08. The minimum Gasteiger partial charge on any atom is -0.484 e. The number of hydrogen-bond donors (Lipinski definition) is 1. The van der Waals surface area contributed by atoms with Crippen LogP contribution in [0.15, 0.2) is 54.6 Å². The topological polar surface area (TPSA) is 64.6 Å². The van der Waals surface area contributed by atoms with Crippen molar-refractivity contribution in [1.82, 2.24) is 5.32 Å². The molecule has 0 heterocycles. The molecule has 126 valence electrons. The Morgan fingerprint density at radius 2 is 1.75 bits per heavy atom. The van der Waals surface area contributed by atoms with Gasteiger partial charge >= 0.3 is 5.97 Å². The maximum atomic E-state index is 12.0. The number of benzene rings is 2. The molecule has 6 heteroatoms. The van der Waals surface area contributed by atoms with Crippen LogP contribution in [0.25, 0.3) is 0 Å². The lowest BCUT2D eigenvalue weighted by Crippen LogP contribution is -2.44. The van der Waals surface area contributed by atoms with Gasteiger partial charge < -0.3 is 14.8 Å². The molecule has 0 aliphatic carbocycles. The highest BCUT2D eigenvalue weighted by atomic mass is 35.5. The van der Waals surface area contributed by atoms with E-state index in [1.165, 1.54) is 7.11 Å². The van der Waals surface area contributed by atoms with Crippen LogP contribution < -0.4 is 10.1 Å². The molecule has 0 spiro atoms. The van der Waals surface area contributed by atoms with Crippen LogP contribution in [0.2, 0.25) is 5.02 Å². The fourth-order valence-corrected chi connectivity index (χ4v) is 2.23. The Bertz CT molecular complexity index is 673. The van der Waals surface area contributed by atoms with Crippen LogP contribution in [0.1, 0.15) is 5.56 Å². The summed E-state index contributed by atoms with van der Waals surface area (Å²) in [7, 11) is 1.29. The molecule has 0 saturated heterocycles. The van der Waals surface area contributed by atoms with Crippen molar-refractivity contribution >= 4 is 23.5 Å². The summed E-state index contributed by atoms with van der Waals surface area (Å²) < 4.78 is 10.1. The lowest BCUT2D eigenvalue weighted by molar-refractivity contribution is -0.145. The first-order chi connectivity index (χ1) is 11.6. The summed E-state index contributed by atoms with van der Waals surface area (Å²) in [4.78, 5) is 23.9. The Morgan fingerprint density at radius 3 is 2.38 bits per heavy atom. The third kappa shape index (κ3) is 5.59. The van der Waals surface area contributed by atoms with Gasteiger partial charge in [0.15, 0.2) is 6.61 Å². The first-order valence-corrected chi connectivity index (χ1v) is 7.76. The van der Waals surface area contributed by atoms with Crippen molar-refractivity contribution in [2.24, 2.45) is 0 Å². The van der Waals surface area contributed by atoms with Gasteiger partial charge in [-0.2, -0.15) is 0 Å². The van der Waals surface area contributed by atoms with Crippen LogP contribution in [0.3, 0.4) is 0 Å². The molecule has 24 heavy (non-hydrogen) atoms. The minimum atomic E-state index is -0.765. The van der Waals surface area contributed by atoms with Crippen molar-refractivity contribution in [2.45, 2.75) is 12.5 Å². The number of ether oxygens (including phenoxy) is 2. The molecule has 2 aromatic rings. The number of rotatable bonds is 7. The zero-order valence-electron chi connectivity index (χ0n) is 13.2.